The van der Waals surface area contributed by atoms with Crippen LogP contribution in [0.3, 0.4) is 0 Å². The van der Waals surface area contributed by atoms with Crippen molar-refractivity contribution >= 4 is 17.4 Å². The van der Waals surface area contributed by atoms with Gasteiger partial charge in [-0.1, -0.05) is 0 Å². The van der Waals surface area contributed by atoms with Gasteiger partial charge >= 0.3 is 0 Å². The van der Waals surface area contributed by atoms with Crippen LogP contribution >= 0.6 is 11.6 Å². The largest absolute Gasteiger partial charge is 0.357 e. The van der Waals surface area contributed by atoms with Gasteiger partial charge in [0.25, 0.3) is 0 Å². The molecule has 0 aliphatic heterocycles. The number of hydrogen-bond donors (Lipinski definition) is 0. The smallest absolute Gasteiger partial charge is 0.136 e. The summed E-state index contributed by atoms with van der Waals surface area (Å²) in [6.07, 6.45) is 7.22. The number of hydrogen-bond acceptors (Lipinski definition) is 4. The Morgan fingerprint density at radius 3 is 2.56 bits per heavy atom. The fraction of sp³-hybridized carbons (Fsp3) is 0.692. The summed E-state index contributed by atoms with van der Waals surface area (Å²) < 4.78 is 0. The predicted octanol–water partition coefficient (Wildman–Crippen LogP) is 2.14. The minimum Gasteiger partial charge on any atom is -0.357 e. The maximum atomic E-state index is 5.94. The Labute approximate surface area is 114 Å². The Hall–Kier alpha value is -0.870. The van der Waals surface area contributed by atoms with Crippen molar-refractivity contribution in [1.29, 1.82) is 0 Å². The van der Waals surface area contributed by atoms with Crippen molar-refractivity contribution < 1.29 is 0 Å². The van der Waals surface area contributed by atoms with Crippen LogP contribution in [0.25, 0.3) is 0 Å². The molecular weight excluding hydrogens is 248 g/mol. The van der Waals surface area contributed by atoms with Crippen LogP contribution in [-0.2, 0) is 5.88 Å². The van der Waals surface area contributed by atoms with E-state index in [1.807, 2.05) is 0 Å². The van der Waals surface area contributed by atoms with Gasteiger partial charge in [-0.3, -0.25) is 0 Å². The lowest BCUT2D eigenvalue weighted by molar-refractivity contribution is 0.0681. The van der Waals surface area contributed by atoms with Gasteiger partial charge in [0.05, 0.1) is 5.88 Å². The van der Waals surface area contributed by atoms with E-state index in [4.69, 9.17) is 11.6 Å². The summed E-state index contributed by atoms with van der Waals surface area (Å²) in [5.74, 6) is 1.41. The molecule has 0 amide bonds. The second-order valence-corrected chi connectivity index (χ2v) is 5.60. The Bertz CT molecular complexity index is 404. The van der Waals surface area contributed by atoms with E-state index in [0.29, 0.717) is 11.4 Å². The Kier molecular flexibility index (Phi) is 4.07. The van der Waals surface area contributed by atoms with Crippen LogP contribution in [0.2, 0.25) is 0 Å². The Balaban J connectivity index is 2.14. The number of halogens is 1. The molecule has 1 aliphatic carbocycles. The van der Waals surface area contributed by atoms with Crippen LogP contribution < -0.4 is 4.90 Å². The van der Waals surface area contributed by atoms with E-state index in [1.54, 1.807) is 12.5 Å². The van der Waals surface area contributed by atoms with Gasteiger partial charge in [-0.15, -0.1) is 11.6 Å². The molecule has 18 heavy (non-hydrogen) atoms. The van der Waals surface area contributed by atoms with Crippen molar-refractivity contribution in [3.63, 3.8) is 0 Å². The molecule has 0 saturated heterocycles. The van der Waals surface area contributed by atoms with E-state index >= 15 is 0 Å². The predicted molar refractivity (Wildman–Crippen MR) is 75.1 cm³/mol. The Morgan fingerprint density at radius 2 is 2.06 bits per heavy atom. The minimum atomic E-state index is 0.295. The third kappa shape index (κ3) is 2.45. The minimum absolute atomic E-state index is 0.295. The first-order valence-electron chi connectivity index (χ1n) is 6.32. The third-order valence-corrected chi connectivity index (χ3v) is 4.32. The van der Waals surface area contributed by atoms with Gasteiger partial charge in [0.2, 0.25) is 0 Å². The molecule has 1 fully saturated rings. The summed E-state index contributed by atoms with van der Waals surface area (Å²) in [6.45, 7) is 0.987. The lowest BCUT2D eigenvalue weighted by Crippen LogP contribution is -2.57. The van der Waals surface area contributed by atoms with Gasteiger partial charge in [0.15, 0.2) is 0 Å². The molecule has 0 bridgehead atoms. The van der Waals surface area contributed by atoms with E-state index in [-0.39, 0.29) is 0 Å². The highest BCUT2D eigenvalue weighted by molar-refractivity contribution is 6.17. The van der Waals surface area contributed by atoms with Crippen molar-refractivity contribution in [1.82, 2.24) is 14.9 Å². The SMILES string of the molecule is CN(CC1(N(C)C)CCC1)c1ncncc1CCl. The summed E-state index contributed by atoms with van der Waals surface area (Å²) >= 11 is 5.94. The molecule has 1 aromatic heterocycles. The topological polar surface area (TPSA) is 32.3 Å². The molecule has 1 aliphatic rings. The van der Waals surface area contributed by atoms with E-state index in [1.165, 1.54) is 19.3 Å². The normalized spacial score (nSPS) is 17.6. The molecule has 0 N–H and O–H groups in total. The number of anilines is 1. The number of likely N-dealkylation sites (N-methyl/N-ethyl adjacent to an activating group) is 2. The molecule has 0 atom stereocenters. The van der Waals surface area contributed by atoms with E-state index < -0.39 is 0 Å². The molecule has 5 heteroatoms. The average molecular weight is 269 g/mol. The van der Waals surface area contributed by atoms with Gasteiger partial charge in [-0.05, 0) is 33.4 Å². The van der Waals surface area contributed by atoms with Crippen molar-refractivity contribution in [2.45, 2.75) is 30.7 Å². The van der Waals surface area contributed by atoms with Crippen LogP contribution in [0, 0.1) is 0 Å². The first-order valence-corrected chi connectivity index (χ1v) is 6.86. The highest BCUT2D eigenvalue weighted by Gasteiger charge is 2.40. The first kappa shape index (κ1) is 13.6. The molecule has 4 nitrogen and oxygen atoms in total. The molecule has 1 saturated carbocycles. The third-order valence-electron chi connectivity index (χ3n) is 4.03. The lowest BCUT2D eigenvalue weighted by atomic mass is 9.75. The van der Waals surface area contributed by atoms with Gasteiger partial charge in [-0.2, -0.15) is 0 Å². The first-order chi connectivity index (χ1) is 8.59. The van der Waals surface area contributed by atoms with Gasteiger partial charge < -0.3 is 9.80 Å². The second kappa shape index (κ2) is 5.41. The maximum Gasteiger partial charge on any atom is 0.136 e. The van der Waals surface area contributed by atoms with Gasteiger partial charge in [0, 0.05) is 30.9 Å². The molecule has 2 rings (SSSR count). The molecule has 0 spiro atoms. The average Bonchev–Trinajstić information content (AvgIpc) is 2.33. The molecule has 0 aromatic carbocycles. The highest BCUT2D eigenvalue weighted by Crippen LogP contribution is 2.37. The molecule has 0 unspecified atom stereocenters. The Morgan fingerprint density at radius 1 is 1.33 bits per heavy atom. The zero-order chi connectivity index (χ0) is 13.2. The standard InChI is InChI=1S/C13H21ClN4/c1-17(2)13(5-4-6-13)9-18(3)12-11(7-14)8-15-10-16-12/h8,10H,4-7,9H2,1-3H3. The monoisotopic (exact) mass is 268 g/mol. The highest BCUT2D eigenvalue weighted by atomic mass is 35.5. The number of rotatable bonds is 5. The summed E-state index contributed by atoms with van der Waals surface area (Å²) in [5.41, 5.74) is 1.29. The van der Waals surface area contributed by atoms with E-state index in [0.717, 1.165) is 17.9 Å². The van der Waals surface area contributed by atoms with Crippen LogP contribution in [-0.4, -0.2) is 48.1 Å². The van der Waals surface area contributed by atoms with Crippen molar-refractivity contribution in [3.8, 4) is 0 Å². The summed E-state index contributed by atoms with van der Waals surface area (Å²) in [4.78, 5) is 12.9. The number of nitrogens with zero attached hydrogens (tertiary/aromatic N) is 4. The zero-order valence-electron chi connectivity index (χ0n) is 11.4. The fourth-order valence-corrected chi connectivity index (χ4v) is 2.83. The van der Waals surface area contributed by atoms with E-state index in [2.05, 4.69) is 40.9 Å². The fourth-order valence-electron chi connectivity index (χ4n) is 2.64. The maximum absolute atomic E-state index is 5.94. The quantitative estimate of drug-likeness (QED) is 0.766. The number of aromatic nitrogens is 2. The molecule has 0 radical (unpaired) electrons. The second-order valence-electron chi connectivity index (χ2n) is 5.33. The molecule has 100 valence electrons. The van der Waals surface area contributed by atoms with Crippen molar-refractivity contribution in [2.24, 2.45) is 0 Å². The van der Waals surface area contributed by atoms with Crippen LogP contribution in [0.4, 0.5) is 5.82 Å². The molecule has 1 aromatic rings. The summed E-state index contributed by atoms with van der Waals surface area (Å²) in [5, 5.41) is 0. The zero-order valence-corrected chi connectivity index (χ0v) is 12.1. The van der Waals surface area contributed by atoms with Gasteiger partial charge in [0.1, 0.15) is 12.1 Å². The summed E-state index contributed by atoms with van der Waals surface area (Å²) in [6, 6.07) is 0. The van der Waals surface area contributed by atoms with Crippen molar-refractivity contribution in [2.75, 3.05) is 32.6 Å². The van der Waals surface area contributed by atoms with Crippen LogP contribution in [0.15, 0.2) is 12.5 Å². The van der Waals surface area contributed by atoms with E-state index in [9.17, 15) is 0 Å². The lowest BCUT2D eigenvalue weighted by Gasteiger charge is -2.49. The summed E-state index contributed by atoms with van der Waals surface area (Å²) in [7, 11) is 6.41. The van der Waals surface area contributed by atoms with Crippen molar-refractivity contribution in [3.05, 3.63) is 18.1 Å². The van der Waals surface area contributed by atoms with Gasteiger partial charge in [-0.25, -0.2) is 9.97 Å². The van der Waals surface area contributed by atoms with Crippen LogP contribution in [0.5, 0.6) is 0 Å². The van der Waals surface area contributed by atoms with Crippen LogP contribution in [0.1, 0.15) is 24.8 Å². The molecule has 1 heterocycles. The molecular formula is C13H21ClN4. The number of alkyl halides is 1.